The summed E-state index contributed by atoms with van der Waals surface area (Å²) in [5.41, 5.74) is 1.19. The molecule has 0 saturated heterocycles. The van der Waals surface area contributed by atoms with Gasteiger partial charge >= 0.3 is 0 Å². The van der Waals surface area contributed by atoms with Gasteiger partial charge in [-0.15, -0.1) is 24.0 Å². The molecule has 150 valence electrons. The van der Waals surface area contributed by atoms with E-state index in [9.17, 15) is 10.1 Å². The largest absolute Gasteiger partial charge is 0.378 e. The molecule has 0 aromatic heterocycles. The number of hydrogen-bond acceptors (Lipinski definition) is 4. The van der Waals surface area contributed by atoms with Crippen LogP contribution in [0, 0.1) is 15.5 Å². The summed E-state index contributed by atoms with van der Waals surface area (Å²) >= 11 is 0. The van der Waals surface area contributed by atoms with E-state index in [0.29, 0.717) is 18.7 Å². The molecular formula is C19H29IN4O3. The number of nitro benzene ring substituents is 1. The van der Waals surface area contributed by atoms with Crippen LogP contribution in [-0.4, -0.2) is 36.2 Å². The molecule has 2 aliphatic rings. The highest BCUT2D eigenvalue weighted by atomic mass is 127. The van der Waals surface area contributed by atoms with Crippen molar-refractivity contribution in [1.29, 1.82) is 0 Å². The number of halogens is 1. The Labute approximate surface area is 177 Å². The van der Waals surface area contributed by atoms with Crippen LogP contribution in [0.4, 0.5) is 5.69 Å². The minimum Gasteiger partial charge on any atom is -0.378 e. The highest BCUT2D eigenvalue weighted by Crippen LogP contribution is 2.57. The number of rotatable bonds is 7. The minimum absolute atomic E-state index is 0. The second kappa shape index (κ2) is 9.68. The van der Waals surface area contributed by atoms with Gasteiger partial charge in [0.1, 0.15) is 0 Å². The molecule has 2 saturated carbocycles. The Bertz CT molecular complexity index is 679. The average Bonchev–Trinajstić information content (AvgIpc) is 2.57. The zero-order valence-electron chi connectivity index (χ0n) is 15.9. The number of nitrogens with one attached hydrogen (secondary N) is 2. The first kappa shape index (κ1) is 21.9. The molecule has 2 aliphatic carbocycles. The normalized spacial score (nSPS) is 23.0. The van der Waals surface area contributed by atoms with Gasteiger partial charge in [0.2, 0.25) is 0 Å². The molecule has 2 atom stereocenters. The van der Waals surface area contributed by atoms with E-state index >= 15 is 0 Å². The molecule has 0 bridgehead atoms. The van der Waals surface area contributed by atoms with E-state index in [1.54, 1.807) is 12.1 Å². The van der Waals surface area contributed by atoms with Gasteiger partial charge < -0.3 is 15.4 Å². The van der Waals surface area contributed by atoms with Crippen LogP contribution in [0.1, 0.15) is 45.1 Å². The summed E-state index contributed by atoms with van der Waals surface area (Å²) < 4.78 is 5.91. The van der Waals surface area contributed by atoms with Crippen molar-refractivity contribution in [3.8, 4) is 0 Å². The third kappa shape index (κ3) is 4.71. The molecule has 2 fully saturated rings. The SMILES string of the molecule is CCNC(=NCc1cccc([N+](=O)[O-])c1)NC1CC(OCC)C12CCC2.I. The Morgan fingerprint density at radius 2 is 2.19 bits per heavy atom. The van der Waals surface area contributed by atoms with Crippen molar-refractivity contribution in [3.63, 3.8) is 0 Å². The number of guanidine groups is 1. The maximum atomic E-state index is 10.9. The van der Waals surface area contributed by atoms with Crippen molar-refractivity contribution < 1.29 is 9.66 Å². The molecule has 1 aromatic carbocycles. The zero-order chi connectivity index (χ0) is 18.6. The number of benzene rings is 1. The fraction of sp³-hybridized carbons (Fsp3) is 0.632. The maximum absolute atomic E-state index is 10.9. The maximum Gasteiger partial charge on any atom is 0.269 e. The zero-order valence-corrected chi connectivity index (χ0v) is 18.3. The van der Waals surface area contributed by atoms with Crippen molar-refractivity contribution >= 4 is 35.6 Å². The fourth-order valence-electron chi connectivity index (χ4n) is 4.06. The number of ether oxygens (including phenoxy) is 1. The summed E-state index contributed by atoms with van der Waals surface area (Å²) in [6.45, 7) is 6.03. The van der Waals surface area contributed by atoms with Crippen molar-refractivity contribution in [2.45, 2.75) is 58.2 Å². The summed E-state index contributed by atoms with van der Waals surface area (Å²) in [5, 5.41) is 17.8. The third-order valence-corrected chi connectivity index (χ3v) is 5.63. The summed E-state index contributed by atoms with van der Waals surface area (Å²) in [6, 6.07) is 7.03. The van der Waals surface area contributed by atoms with Crippen LogP contribution in [0.2, 0.25) is 0 Å². The molecule has 27 heavy (non-hydrogen) atoms. The van der Waals surface area contributed by atoms with Gasteiger partial charge in [0.05, 0.1) is 17.6 Å². The first-order chi connectivity index (χ1) is 12.6. The van der Waals surface area contributed by atoms with Crippen LogP contribution < -0.4 is 10.6 Å². The predicted molar refractivity (Wildman–Crippen MR) is 117 cm³/mol. The van der Waals surface area contributed by atoms with Gasteiger partial charge in [-0.1, -0.05) is 18.6 Å². The highest BCUT2D eigenvalue weighted by molar-refractivity contribution is 14.0. The molecule has 2 N–H and O–H groups in total. The van der Waals surface area contributed by atoms with Crippen LogP contribution in [-0.2, 0) is 11.3 Å². The molecule has 0 aliphatic heterocycles. The van der Waals surface area contributed by atoms with Gasteiger partial charge in [0.15, 0.2) is 5.96 Å². The van der Waals surface area contributed by atoms with Gasteiger partial charge in [0, 0.05) is 36.7 Å². The number of nitrogens with zero attached hydrogens (tertiary/aromatic N) is 2. The monoisotopic (exact) mass is 488 g/mol. The summed E-state index contributed by atoms with van der Waals surface area (Å²) in [4.78, 5) is 15.2. The number of hydrogen-bond donors (Lipinski definition) is 2. The number of non-ortho nitro benzene ring substituents is 1. The first-order valence-electron chi connectivity index (χ1n) is 9.49. The Morgan fingerprint density at radius 1 is 1.41 bits per heavy atom. The second-order valence-electron chi connectivity index (χ2n) is 7.09. The summed E-state index contributed by atoms with van der Waals surface area (Å²) in [7, 11) is 0. The van der Waals surface area contributed by atoms with E-state index in [-0.39, 0.29) is 40.0 Å². The van der Waals surface area contributed by atoms with Crippen LogP contribution >= 0.6 is 24.0 Å². The van der Waals surface area contributed by atoms with E-state index in [2.05, 4.69) is 22.5 Å². The summed E-state index contributed by atoms with van der Waals surface area (Å²) in [6.07, 6.45) is 5.05. The molecule has 7 nitrogen and oxygen atoms in total. The Morgan fingerprint density at radius 3 is 2.78 bits per heavy atom. The molecule has 3 rings (SSSR count). The molecule has 0 radical (unpaired) electrons. The Kier molecular flexibility index (Phi) is 7.84. The lowest BCUT2D eigenvalue weighted by Crippen LogP contribution is -2.68. The molecular weight excluding hydrogens is 459 g/mol. The quantitative estimate of drug-likeness (QED) is 0.201. The Hall–Kier alpha value is -1.42. The summed E-state index contributed by atoms with van der Waals surface area (Å²) in [5.74, 6) is 0.769. The lowest BCUT2D eigenvalue weighted by Gasteiger charge is -2.61. The number of nitro groups is 1. The van der Waals surface area contributed by atoms with E-state index in [1.165, 1.54) is 25.3 Å². The van der Waals surface area contributed by atoms with Crippen LogP contribution in [0.25, 0.3) is 0 Å². The molecule has 1 aromatic rings. The topological polar surface area (TPSA) is 88.8 Å². The van der Waals surface area contributed by atoms with Gasteiger partial charge in [-0.25, -0.2) is 4.99 Å². The average molecular weight is 488 g/mol. The van der Waals surface area contributed by atoms with Crippen LogP contribution in [0.15, 0.2) is 29.3 Å². The van der Waals surface area contributed by atoms with Crippen LogP contribution in [0.3, 0.4) is 0 Å². The van der Waals surface area contributed by atoms with Crippen molar-refractivity contribution in [2.75, 3.05) is 13.2 Å². The van der Waals surface area contributed by atoms with Crippen molar-refractivity contribution in [1.82, 2.24) is 10.6 Å². The highest BCUT2D eigenvalue weighted by Gasteiger charge is 2.59. The van der Waals surface area contributed by atoms with Gasteiger partial charge in [0.25, 0.3) is 5.69 Å². The minimum atomic E-state index is -0.376. The van der Waals surface area contributed by atoms with E-state index in [0.717, 1.165) is 31.1 Å². The van der Waals surface area contributed by atoms with Gasteiger partial charge in [-0.2, -0.15) is 0 Å². The van der Waals surface area contributed by atoms with E-state index in [1.807, 2.05) is 13.0 Å². The molecule has 1 spiro atoms. The molecule has 0 amide bonds. The lowest BCUT2D eigenvalue weighted by atomic mass is 9.51. The van der Waals surface area contributed by atoms with Crippen molar-refractivity contribution in [2.24, 2.45) is 10.4 Å². The molecule has 2 unspecified atom stereocenters. The van der Waals surface area contributed by atoms with Gasteiger partial charge in [-0.05, 0) is 38.7 Å². The Balaban J connectivity index is 0.00000261. The smallest absolute Gasteiger partial charge is 0.269 e. The van der Waals surface area contributed by atoms with Gasteiger partial charge in [-0.3, -0.25) is 10.1 Å². The van der Waals surface area contributed by atoms with E-state index in [4.69, 9.17) is 4.74 Å². The number of aliphatic imine (C=N–C) groups is 1. The fourth-order valence-corrected chi connectivity index (χ4v) is 4.06. The predicted octanol–water partition coefficient (Wildman–Crippen LogP) is 3.62. The molecule has 0 heterocycles. The molecule has 8 heteroatoms. The lowest BCUT2D eigenvalue weighted by molar-refractivity contribution is -0.384. The van der Waals surface area contributed by atoms with Crippen molar-refractivity contribution in [3.05, 3.63) is 39.9 Å². The first-order valence-corrected chi connectivity index (χ1v) is 9.49. The standard InChI is InChI=1S/C19H28N4O3.HI/c1-3-20-18(21-13-14-7-5-8-15(11-14)23(24)25)22-16-12-17(26-4-2)19(16)9-6-10-19;/h5,7-8,11,16-17H,3-4,6,9-10,12-13H2,1-2H3,(H2,20,21,22);1H. The third-order valence-electron chi connectivity index (χ3n) is 5.63. The van der Waals surface area contributed by atoms with E-state index < -0.39 is 0 Å². The van der Waals surface area contributed by atoms with Crippen LogP contribution in [0.5, 0.6) is 0 Å². The second-order valence-corrected chi connectivity index (χ2v) is 7.09.